The van der Waals surface area contributed by atoms with Gasteiger partial charge in [0.15, 0.2) is 0 Å². The van der Waals surface area contributed by atoms with Crippen molar-refractivity contribution in [2.24, 2.45) is 0 Å². The zero-order valence-corrected chi connectivity index (χ0v) is 22.7. The number of rotatable bonds is 11. The Morgan fingerprint density at radius 3 is 2.15 bits per heavy atom. The smallest absolute Gasteiger partial charge is 0.336 e. The molecule has 2 aromatic rings. The molecule has 0 spiro atoms. The molecule has 40 heavy (non-hydrogen) atoms. The molecule has 0 unspecified atom stereocenters. The van der Waals surface area contributed by atoms with Crippen LogP contribution >= 0.6 is 0 Å². The van der Waals surface area contributed by atoms with Crippen LogP contribution in [0.2, 0.25) is 0 Å². The number of benzene rings is 2. The monoisotopic (exact) mass is 552 g/mol. The van der Waals surface area contributed by atoms with Gasteiger partial charge in [-0.15, -0.1) is 0 Å². The van der Waals surface area contributed by atoms with Crippen molar-refractivity contribution in [3.05, 3.63) is 92.3 Å². The van der Waals surface area contributed by atoms with E-state index in [9.17, 15) is 29.6 Å². The Morgan fingerprint density at radius 1 is 0.975 bits per heavy atom. The molecular formula is C28H32N4O8. The van der Waals surface area contributed by atoms with Crippen LogP contribution in [0.5, 0.6) is 5.75 Å². The molecule has 1 amide bonds. The topological polar surface area (TPSA) is 160 Å². The van der Waals surface area contributed by atoms with Crippen molar-refractivity contribution in [2.75, 3.05) is 40.4 Å². The lowest BCUT2D eigenvalue weighted by Crippen LogP contribution is -2.34. The standard InChI is InChI=1S/C28H32N4O8/c1-17-23(27(35)39-15-13-29-26(34)20-10-6-8-12-22(20)33)25(19-9-5-7-11-21(19)32(37)38)24(18(2)30-17)28(36)40-16-14-31(3)4/h5-12,25,30,33H,13-16H2,1-4H3,(H,29,34)/t25-/m0/s1. The van der Waals surface area contributed by atoms with E-state index in [2.05, 4.69) is 10.6 Å². The number of aromatic hydroxyl groups is 1. The highest BCUT2D eigenvalue weighted by Gasteiger charge is 2.40. The maximum absolute atomic E-state index is 13.4. The summed E-state index contributed by atoms with van der Waals surface area (Å²) in [6, 6.07) is 11.9. The molecular weight excluding hydrogens is 520 g/mol. The van der Waals surface area contributed by atoms with Gasteiger partial charge in [-0.3, -0.25) is 14.9 Å². The van der Waals surface area contributed by atoms with Gasteiger partial charge in [0.25, 0.3) is 11.6 Å². The molecule has 0 bridgehead atoms. The van der Waals surface area contributed by atoms with Gasteiger partial charge >= 0.3 is 11.9 Å². The Labute approximate surface area is 231 Å². The summed E-state index contributed by atoms with van der Waals surface area (Å²) in [5.74, 6) is -3.43. The lowest BCUT2D eigenvalue weighted by molar-refractivity contribution is -0.385. The fourth-order valence-electron chi connectivity index (χ4n) is 4.29. The van der Waals surface area contributed by atoms with Gasteiger partial charge in [-0.05, 0) is 40.1 Å². The number of carbonyl (C=O) groups excluding carboxylic acids is 3. The summed E-state index contributed by atoms with van der Waals surface area (Å²) in [5, 5.41) is 27.3. The zero-order valence-electron chi connectivity index (χ0n) is 22.7. The molecule has 3 rings (SSSR count). The van der Waals surface area contributed by atoms with Crippen molar-refractivity contribution in [3.63, 3.8) is 0 Å². The summed E-state index contributed by atoms with van der Waals surface area (Å²) in [5.41, 5.74) is 0.736. The van der Waals surface area contributed by atoms with Crippen LogP contribution in [0.3, 0.4) is 0 Å². The second-order valence-electron chi connectivity index (χ2n) is 9.30. The number of hydrogen-bond acceptors (Lipinski definition) is 10. The summed E-state index contributed by atoms with van der Waals surface area (Å²) in [6.07, 6.45) is 0. The number of dihydropyridines is 1. The Kier molecular flexibility index (Phi) is 9.98. The molecule has 0 aliphatic carbocycles. The first kappa shape index (κ1) is 29.8. The molecule has 0 radical (unpaired) electrons. The van der Waals surface area contributed by atoms with E-state index in [1.54, 1.807) is 32.0 Å². The van der Waals surface area contributed by atoms with Gasteiger partial charge in [0, 0.05) is 29.6 Å². The summed E-state index contributed by atoms with van der Waals surface area (Å²) >= 11 is 0. The number of phenolic OH excluding ortho intramolecular Hbond substituents is 1. The zero-order chi connectivity index (χ0) is 29.4. The minimum Gasteiger partial charge on any atom is -0.507 e. The van der Waals surface area contributed by atoms with Gasteiger partial charge < -0.3 is 30.1 Å². The van der Waals surface area contributed by atoms with Crippen LogP contribution in [0.25, 0.3) is 0 Å². The van der Waals surface area contributed by atoms with Crippen molar-refractivity contribution in [1.82, 2.24) is 15.5 Å². The summed E-state index contributed by atoms with van der Waals surface area (Å²) < 4.78 is 10.9. The fraction of sp³-hybridized carbons (Fsp3) is 0.321. The predicted octanol–water partition coefficient (Wildman–Crippen LogP) is 2.61. The molecule has 2 aromatic carbocycles. The third-order valence-corrected chi connectivity index (χ3v) is 6.19. The van der Waals surface area contributed by atoms with E-state index < -0.39 is 28.7 Å². The van der Waals surface area contributed by atoms with E-state index in [1.165, 1.54) is 30.3 Å². The van der Waals surface area contributed by atoms with Crippen molar-refractivity contribution >= 4 is 23.5 Å². The summed E-state index contributed by atoms with van der Waals surface area (Å²) in [6.45, 7) is 3.47. The number of nitro groups is 1. The number of para-hydroxylation sites is 2. The number of esters is 2. The molecule has 1 heterocycles. The molecule has 1 aliphatic rings. The highest BCUT2D eigenvalue weighted by molar-refractivity contribution is 6.00. The number of nitrogens with one attached hydrogen (secondary N) is 2. The van der Waals surface area contributed by atoms with E-state index in [1.807, 2.05) is 19.0 Å². The van der Waals surface area contributed by atoms with E-state index in [4.69, 9.17) is 9.47 Å². The predicted molar refractivity (Wildman–Crippen MR) is 145 cm³/mol. The Bertz CT molecular complexity index is 1370. The van der Waals surface area contributed by atoms with Crippen LogP contribution < -0.4 is 10.6 Å². The second kappa shape index (κ2) is 13.4. The average molecular weight is 553 g/mol. The molecule has 0 fully saturated rings. The van der Waals surface area contributed by atoms with Crippen LogP contribution in [0.15, 0.2) is 71.1 Å². The van der Waals surface area contributed by atoms with Gasteiger partial charge in [-0.1, -0.05) is 30.3 Å². The first-order valence-electron chi connectivity index (χ1n) is 12.5. The largest absolute Gasteiger partial charge is 0.507 e. The number of hydrogen-bond donors (Lipinski definition) is 3. The number of nitro benzene ring substituents is 1. The van der Waals surface area contributed by atoms with Crippen LogP contribution in [0.4, 0.5) is 5.69 Å². The molecule has 0 saturated heterocycles. The minimum atomic E-state index is -1.14. The van der Waals surface area contributed by atoms with E-state index in [0.29, 0.717) is 17.9 Å². The number of amides is 1. The number of ether oxygens (including phenoxy) is 2. The molecule has 212 valence electrons. The first-order chi connectivity index (χ1) is 19.0. The van der Waals surface area contributed by atoms with Gasteiger partial charge in [-0.2, -0.15) is 0 Å². The minimum absolute atomic E-state index is 0.00601. The third kappa shape index (κ3) is 7.03. The molecule has 0 aromatic heterocycles. The number of allylic oxidation sites excluding steroid dienone is 2. The highest BCUT2D eigenvalue weighted by Crippen LogP contribution is 2.42. The quantitative estimate of drug-likeness (QED) is 0.164. The van der Waals surface area contributed by atoms with Crippen molar-refractivity contribution < 1.29 is 33.9 Å². The maximum atomic E-state index is 13.4. The Hall–Kier alpha value is -4.71. The normalized spacial score (nSPS) is 15.0. The fourth-order valence-corrected chi connectivity index (χ4v) is 4.29. The van der Waals surface area contributed by atoms with Gasteiger partial charge in [0.1, 0.15) is 19.0 Å². The van der Waals surface area contributed by atoms with Crippen molar-refractivity contribution in [2.45, 2.75) is 19.8 Å². The van der Waals surface area contributed by atoms with E-state index in [-0.39, 0.29) is 53.5 Å². The second-order valence-corrected chi connectivity index (χ2v) is 9.30. The Morgan fingerprint density at radius 2 is 1.55 bits per heavy atom. The molecule has 1 aliphatic heterocycles. The van der Waals surface area contributed by atoms with E-state index >= 15 is 0 Å². The van der Waals surface area contributed by atoms with Crippen LogP contribution in [-0.4, -0.2) is 73.2 Å². The van der Waals surface area contributed by atoms with Crippen molar-refractivity contribution in [1.29, 1.82) is 0 Å². The number of phenols is 1. The maximum Gasteiger partial charge on any atom is 0.336 e. The summed E-state index contributed by atoms with van der Waals surface area (Å²) in [7, 11) is 3.64. The average Bonchev–Trinajstić information content (AvgIpc) is 2.90. The van der Waals surface area contributed by atoms with Gasteiger partial charge in [0.2, 0.25) is 0 Å². The Balaban J connectivity index is 1.87. The summed E-state index contributed by atoms with van der Waals surface area (Å²) in [4.78, 5) is 52.2. The van der Waals surface area contributed by atoms with E-state index in [0.717, 1.165) is 0 Å². The molecule has 12 heteroatoms. The lowest BCUT2D eigenvalue weighted by atomic mass is 9.79. The molecule has 0 saturated carbocycles. The first-order valence-corrected chi connectivity index (χ1v) is 12.5. The highest BCUT2D eigenvalue weighted by atomic mass is 16.6. The molecule has 12 nitrogen and oxygen atoms in total. The SMILES string of the molecule is CC1=C(C(=O)OCCNC(=O)c2ccccc2O)[C@H](c2ccccc2[N+](=O)[O-])C(C(=O)OCCN(C)C)=C(C)N1. The van der Waals surface area contributed by atoms with Gasteiger partial charge in [0.05, 0.1) is 34.1 Å². The number of carbonyl (C=O) groups is 3. The van der Waals surface area contributed by atoms with Crippen LogP contribution in [-0.2, 0) is 19.1 Å². The molecule has 3 N–H and O–H groups in total. The van der Waals surface area contributed by atoms with Crippen LogP contribution in [0.1, 0.15) is 35.7 Å². The number of likely N-dealkylation sites (N-methyl/N-ethyl adjacent to an activating group) is 1. The molecule has 1 atom stereocenters. The van der Waals surface area contributed by atoms with Crippen LogP contribution in [0, 0.1) is 10.1 Å². The van der Waals surface area contributed by atoms with Crippen molar-refractivity contribution in [3.8, 4) is 5.75 Å². The lowest BCUT2D eigenvalue weighted by Gasteiger charge is -2.30. The number of nitrogens with zero attached hydrogens (tertiary/aromatic N) is 2. The third-order valence-electron chi connectivity index (χ3n) is 6.19. The van der Waals surface area contributed by atoms with Gasteiger partial charge in [-0.25, -0.2) is 9.59 Å².